The molecule has 1 fully saturated rings. The van der Waals surface area contributed by atoms with Gasteiger partial charge < -0.3 is 23.8 Å². The average Bonchev–Trinajstić information content (AvgIpc) is 3.42. The van der Waals surface area contributed by atoms with E-state index in [1.165, 1.54) is 14.0 Å². The molecule has 2 aliphatic heterocycles. The van der Waals surface area contributed by atoms with E-state index >= 15 is 0 Å². The van der Waals surface area contributed by atoms with E-state index in [0.717, 1.165) is 16.9 Å². The summed E-state index contributed by atoms with van der Waals surface area (Å²) in [5.74, 6) is 1.40. The van der Waals surface area contributed by atoms with Crippen molar-refractivity contribution in [3.05, 3.63) is 75.7 Å². The Balaban J connectivity index is 1.55. The van der Waals surface area contributed by atoms with E-state index in [-0.39, 0.29) is 24.1 Å². The van der Waals surface area contributed by atoms with Crippen molar-refractivity contribution >= 4 is 56.4 Å². The zero-order chi connectivity index (χ0) is 29.8. The largest absolute Gasteiger partial charge is 0.497 e. The number of amidine groups is 1. The SMILES string of the molecule is COc1ccc(N2C(C(C)=O)=NN(c3ccc(Cl)cc3)[C@@H]2c2cc(Br)c(OCC(=O)N3CCOCC3)c(OC)c2)cc1. The van der Waals surface area contributed by atoms with Crippen molar-refractivity contribution in [3.8, 4) is 17.2 Å². The molecular weight excluding hydrogens is 628 g/mol. The fourth-order valence-electron chi connectivity index (χ4n) is 4.83. The maximum atomic E-state index is 12.9. The molecule has 42 heavy (non-hydrogen) atoms. The third-order valence-corrected chi connectivity index (χ3v) is 7.76. The number of rotatable bonds is 9. The lowest BCUT2D eigenvalue weighted by Crippen LogP contribution is -2.43. The van der Waals surface area contributed by atoms with Gasteiger partial charge in [0.25, 0.3) is 5.91 Å². The number of carbonyl (C=O) groups excluding carboxylic acids is 2. The smallest absolute Gasteiger partial charge is 0.260 e. The molecule has 3 aromatic rings. The quantitative estimate of drug-likeness (QED) is 0.307. The van der Waals surface area contributed by atoms with Crippen LogP contribution < -0.4 is 24.1 Å². The number of hydrogen-bond acceptors (Lipinski definition) is 9. The molecule has 0 bridgehead atoms. The van der Waals surface area contributed by atoms with Crippen molar-refractivity contribution < 1.29 is 28.5 Å². The van der Waals surface area contributed by atoms with Gasteiger partial charge in [-0.1, -0.05) is 11.6 Å². The zero-order valence-corrected chi connectivity index (χ0v) is 25.7. The van der Waals surface area contributed by atoms with Gasteiger partial charge in [-0.15, -0.1) is 5.10 Å². The van der Waals surface area contributed by atoms with E-state index in [4.69, 9.17) is 35.6 Å². The first-order valence-electron chi connectivity index (χ1n) is 13.2. The molecule has 10 nitrogen and oxygen atoms in total. The number of halogens is 2. The number of ketones is 1. The van der Waals surface area contributed by atoms with Crippen LogP contribution in [-0.2, 0) is 14.3 Å². The molecule has 0 aliphatic carbocycles. The van der Waals surface area contributed by atoms with Crippen LogP contribution in [0, 0.1) is 0 Å². The van der Waals surface area contributed by atoms with Crippen molar-refractivity contribution in [2.75, 3.05) is 57.0 Å². The van der Waals surface area contributed by atoms with Gasteiger partial charge in [-0.3, -0.25) is 14.5 Å². The number of hydrazone groups is 1. The molecule has 1 amide bonds. The normalized spacial score (nSPS) is 16.7. The molecule has 2 heterocycles. The summed E-state index contributed by atoms with van der Waals surface area (Å²) < 4.78 is 23.0. The van der Waals surface area contributed by atoms with Crippen LogP contribution >= 0.6 is 27.5 Å². The summed E-state index contributed by atoms with van der Waals surface area (Å²) in [4.78, 5) is 29.3. The molecule has 1 saturated heterocycles. The highest BCUT2D eigenvalue weighted by Gasteiger charge is 2.40. The number of ether oxygens (including phenoxy) is 4. The van der Waals surface area contributed by atoms with E-state index in [9.17, 15) is 9.59 Å². The van der Waals surface area contributed by atoms with Crippen molar-refractivity contribution in [2.45, 2.75) is 13.1 Å². The zero-order valence-electron chi connectivity index (χ0n) is 23.4. The Morgan fingerprint density at radius 2 is 1.67 bits per heavy atom. The van der Waals surface area contributed by atoms with Crippen molar-refractivity contribution in [1.29, 1.82) is 0 Å². The molecule has 0 unspecified atom stereocenters. The van der Waals surface area contributed by atoms with Gasteiger partial charge in [0.05, 0.1) is 37.6 Å². The van der Waals surface area contributed by atoms with Gasteiger partial charge in [-0.2, -0.15) is 0 Å². The molecule has 0 spiro atoms. The van der Waals surface area contributed by atoms with Gasteiger partial charge in [0.15, 0.2) is 35.9 Å². The second kappa shape index (κ2) is 13.0. The van der Waals surface area contributed by atoms with E-state index in [1.807, 2.05) is 53.4 Å². The Morgan fingerprint density at radius 3 is 2.29 bits per heavy atom. The highest BCUT2D eigenvalue weighted by atomic mass is 79.9. The Bertz CT molecular complexity index is 1480. The third kappa shape index (κ3) is 6.18. The summed E-state index contributed by atoms with van der Waals surface area (Å²) in [7, 11) is 3.13. The van der Waals surface area contributed by atoms with Gasteiger partial charge >= 0.3 is 0 Å². The molecule has 0 radical (unpaired) electrons. The molecule has 3 aromatic carbocycles. The minimum Gasteiger partial charge on any atom is -0.497 e. The number of methoxy groups -OCH3 is 2. The first-order valence-corrected chi connectivity index (χ1v) is 14.4. The minimum absolute atomic E-state index is 0.133. The molecule has 5 rings (SSSR count). The van der Waals surface area contributed by atoms with Crippen LogP contribution in [0.5, 0.6) is 17.2 Å². The maximum absolute atomic E-state index is 12.9. The average molecular weight is 658 g/mol. The van der Waals surface area contributed by atoms with Crippen LogP contribution in [0.25, 0.3) is 0 Å². The number of carbonyl (C=O) groups is 2. The number of hydrogen-bond donors (Lipinski definition) is 0. The lowest BCUT2D eigenvalue weighted by Gasteiger charge is -2.32. The van der Waals surface area contributed by atoms with Gasteiger partial charge in [0.2, 0.25) is 0 Å². The Kier molecular flexibility index (Phi) is 9.20. The molecule has 12 heteroatoms. The van der Waals surface area contributed by atoms with Crippen molar-refractivity contribution in [2.24, 2.45) is 5.10 Å². The highest BCUT2D eigenvalue weighted by Crippen LogP contribution is 2.44. The molecule has 1 atom stereocenters. The van der Waals surface area contributed by atoms with Crippen molar-refractivity contribution in [1.82, 2.24) is 4.90 Å². The number of morpholine rings is 1. The van der Waals surface area contributed by atoms with Crippen LogP contribution in [-0.4, -0.2) is 69.6 Å². The molecule has 2 aliphatic rings. The lowest BCUT2D eigenvalue weighted by molar-refractivity contribution is -0.137. The second-order valence-corrected chi connectivity index (χ2v) is 10.8. The summed E-state index contributed by atoms with van der Waals surface area (Å²) in [5, 5.41) is 7.11. The monoisotopic (exact) mass is 656 g/mol. The summed E-state index contributed by atoms with van der Waals surface area (Å²) in [6, 6.07) is 18.3. The standard InChI is InChI=1S/C30H30BrClN4O6/c1-19(37)29-33-36(23-6-4-21(32)5-7-23)30(35(29)22-8-10-24(39-2)11-9-22)20-16-25(31)28(26(17-20)40-3)42-18-27(38)34-12-14-41-15-13-34/h4-11,16-17,30H,12-15,18H2,1-3H3/t30-/m1/s1. The van der Waals surface area contributed by atoms with Crippen molar-refractivity contribution in [3.63, 3.8) is 0 Å². The Hall–Kier alpha value is -3.80. The van der Waals surface area contributed by atoms with Gasteiger partial charge in [-0.05, 0) is 76.6 Å². The maximum Gasteiger partial charge on any atom is 0.260 e. The minimum atomic E-state index is -0.590. The van der Waals surface area contributed by atoms with Crippen LogP contribution in [0.2, 0.25) is 5.02 Å². The van der Waals surface area contributed by atoms with E-state index < -0.39 is 6.17 Å². The first-order chi connectivity index (χ1) is 20.3. The molecule has 0 N–H and O–H groups in total. The fraction of sp³-hybridized carbons (Fsp3) is 0.300. The van der Waals surface area contributed by atoms with Crippen LogP contribution in [0.1, 0.15) is 18.7 Å². The number of nitrogens with zero attached hydrogens (tertiary/aromatic N) is 4. The van der Waals surface area contributed by atoms with E-state index in [1.54, 1.807) is 29.2 Å². The van der Waals surface area contributed by atoms with Gasteiger partial charge in [-0.25, -0.2) is 5.01 Å². The van der Waals surface area contributed by atoms with E-state index in [2.05, 4.69) is 15.9 Å². The van der Waals surface area contributed by atoms with Crippen LogP contribution in [0.15, 0.2) is 70.2 Å². The summed E-state index contributed by atoms with van der Waals surface area (Å²) in [6.45, 7) is 3.41. The van der Waals surface area contributed by atoms with Gasteiger partial charge in [0.1, 0.15) is 5.75 Å². The number of amides is 1. The fourth-order valence-corrected chi connectivity index (χ4v) is 5.53. The summed E-state index contributed by atoms with van der Waals surface area (Å²) >= 11 is 9.81. The Morgan fingerprint density at radius 1 is 1.00 bits per heavy atom. The summed E-state index contributed by atoms with van der Waals surface area (Å²) in [6.07, 6.45) is -0.590. The van der Waals surface area contributed by atoms with Crippen LogP contribution in [0.3, 0.4) is 0 Å². The van der Waals surface area contributed by atoms with Crippen LogP contribution in [0.4, 0.5) is 11.4 Å². The second-order valence-electron chi connectivity index (χ2n) is 9.56. The Labute approximate surface area is 257 Å². The first kappa shape index (κ1) is 29.7. The molecular formula is C30H30BrClN4O6. The number of benzene rings is 3. The topological polar surface area (TPSA) is 93.1 Å². The number of anilines is 2. The third-order valence-electron chi connectivity index (χ3n) is 6.92. The summed E-state index contributed by atoms with van der Waals surface area (Å²) in [5.41, 5.74) is 2.21. The highest BCUT2D eigenvalue weighted by molar-refractivity contribution is 9.10. The number of Topliss-reactive ketones (excluding diaryl/α,β-unsaturated/α-hetero) is 1. The lowest BCUT2D eigenvalue weighted by atomic mass is 10.1. The predicted octanol–water partition coefficient (Wildman–Crippen LogP) is 5.29. The van der Waals surface area contributed by atoms with Gasteiger partial charge in [0, 0.05) is 36.3 Å². The van der Waals surface area contributed by atoms with E-state index in [0.29, 0.717) is 53.0 Å². The molecule has 0 saturated carbocycles. The predicted molar refractivity (Wildman–Crippen MR) is 164 cm³/mol. The molecule has 0 aromatic heterocycles. The molecule has 220 valence electrons.